The summed E-state index contributed by atoms with van der Waals surface area (Å²) in [4.78, 5) is 16.6. The molecule has 1 N–H and O–H groups in total. The number of rotatable bonds is 4. The molecule has 1 aromatic rings. The van der Waals surface area contributed by atoms with E-state index in [0.717, 1.165) is 18.9 Å². The maximum absolute atomic E-state index is 12.9. The molecular formula is C20H28F3N3O. The summed E-state index contributed by atoms with van der Waals surface area (Å²) in [5, 5.41) is 3.16. The molecule has 2 fully saturated rings. The molecule has 0 spiro atoms. The van der Waals surface area contributed by atoms with Crippen LogP contribution < -0.4 is 10.2 Å². The van der Waals surface area contributed by atoms with Gasteiger partial charge in [0.15, 0.2) is 0 Å². The second-order valence-corrected chi connectivity index (χ2v) is 7.59. The van der Waals surface area contributed by atoms with E-state index in [2.05, 4.69) is 10.2 Å². The Morgan fingerprint density at radius 2 is 1.78 bits per heavy atom. The standard InChI is InChI=1S/C20H28F3N3O/c1-15(19(27)24-17-7-3-2-4-8-17)25-10-12-26(13-11-25)18-9-5-6-16(14-18)20(21,22)23/h5-6,9,14-15,17H,2-4,7-8,10-13H2,1H3,(H,24,27)/t15-/m0/s1. The number of piperazine rings is 1. The van der Waals surface area contributed by atoms with E-state index < -0.39 is 11.7 Å². The Kier molecular flexibility index (Phi) is 6.29. The summed E-state index contributed by atoms with van der Waals surface area (Å²) in [7, 11) is 0. The maximum Gasteiger partial charge on any atom is 0.416 e. The van der Waals surface area contributed by atoms with Crippen LogP contribution in [0.15, 0.2) is 24.3 Å². The molecular weight excluding hydrogens is 355 g/mol. The molecule has 1 saturated carbocycles. The van der Waals surface area contributed by atoms with Gasteiger partial charge in [0, 0.05) is 37.9 Å². The lowest BCUT2D eigenvalue weighted by Crippen LogP contribution is -2.55. The quantitative estimate of drug-likeness (QED) is 0.862. The Bertz CT molecular complexity index is 636. The maximum atomic E-state index is 12.9. The number of carbonyl (C=O) groups is 1. The molecule has 0 unspecified atom stereocenters. The highest BCUT2D eigenvalue weighted by molar-refractivity contribution is 5.81. The first-order valence-electron chi connectivity index (χ1n) is 9.81. The zero-order chi connectivity index (χ0) is 19.4. The molecule has 7 heteroatoms. The number of nitrogens with one attached hydrogen (secondary N) is 1. The van der Waals surface area contributed by atoms with Crippen molar-refractivity contribution in [2.75, 3.05) is 31.1 Å². The first-order chi connectivity index (χ1) is 12.8. The Morgan fingerprint density at radius 1 is 1.11 bits per heavy atom. The lowest BCUT2D eigenvalue weighted by molar-refractivity contribution is -0.137. The number of hydrogen-bond acceptors (Lipinski definition) is 3. The topological polar surface area (TPSA) is 35.6 Å². The Morgan fingerprint density at radius 3 is 2.41 bits per heavy atom. The van der Waals surface area contributed by atoms with Gasteiger partial charge >= 0.3 is 6.18 Å². The largest absolute Gasteiger partial charge is 0.416 e. The van der Waals surface area contributed by atoms with Crippen molar-refractivity contribution in [1.29, 1.82) is 0 Å². The molecule has 0 aromatic heterocycles. The van der Waals surface area contributed by atoms with E-state index in [1.807, 2.05) is 11.8 Å². The molecule has 1 aliphatic carbocycles. The fourth-order valence-corrected chi connectivity index (χ4v) is 3.98. The van der Waals surface area contributed by atoms with Crippen molar-refractivity contribution in [1.82, 2.24) is 10.2 Å². The van der Waals surface area contributed by atoms with Gasteiger partial charge in [0.2, 0.25) is 5.91 Å². The second kappa shape index (κ2) is 8.50. The molecule has 1 heterocycles. The summed E-state index contributed by atoms with van der Waals surface area (Å²) in [6.07, 6.45) is 1.39. The predicted molar refractivity (Wildman–Crippen MR) is 99.7 cm³/mol. The number of anilines is 1. The molecule has 1 aliphatic heterocycles. The van der Waals surface area contributed by atoms with Crippen molar-refractivity contribution in [2.45, 2.75) is 57.3 Å². The predicted octanol–water partition coefficient (Wildman–Crippen LogP) is 3.66. The Labute approximate surface area is 158 Å². The van der Waals surface area contributed by atoms with Gasteiger partial charge in [-0.2, -0.15) is 13.2 Å². The molecule has 2 aliphatic rings. The van der Waals surface area contributed by atoms with Gasteiger partial charge in [-0.3, -0.25) is 9.69 Å². The molecule has 1 aromatic carbocycles. The van der Waals surface area contributed by atoms with Crippen LogP contribution in [0.4, 0.5) is 18.9 Å². The van der Waals surface area contributed by atoms with Crippen molar-refractivity contribution in [3.05, 3.63) is 29.8 Å². The summed E-state index contributed by atoms with van der Waals surface area (Å²) in [5.41, 5.74) is -0.0357. The van der Waals surface area contributed by atoms with E-state index in [0.29, 0.717) is 37.9 Å². The SMILES string of the molecule is C[C@@H](C(=O)NC1CCCCC1)N1CCN(c2cccc(C(F)(F)F)c2)CC1. The van der Waals surface area contributed by atoms with Crippen LogP contribution in [-0.2, 0) is 11.0 Å². The lowest BCUT2D eigenvalue weighted by Gasteiger charge is -2.39. The highest BCUT2D eigenvalue weighted by Crippen LogP contribution is 2.32. The van der Waals surface area contributed by atoms with E-state index in [-0.39, 0.29) is 11.9 Å². The summed E-state index contributed by atoms with van der Waals surface area (Å²) < 4.78 is 38.7. The van der Waals surface area contributed by atoms with Gasteiger partial charge in [-0.05, 0) is 38.0 Å². The average Bonchev–Trinajstić information content (AvgIpc) is 2.68. The zero-order valence-electron chi connectivity index (χ0n) is 15.8. The first kappa shape index (κ1) is 20.0. The number of amides is 1. The molecule has 150 valence electrons. The Hall–Kier alpha value is -1.76. The van der Waals surface area contributed by atoms with Crippen LogP contribution in [0.2, 0.25) is 0 Å². The van der Waals surface area contributed by atoms with Gasteiger partial charge in [-0.15, -0.1) is 0 Å². The minimum Gasteiger partial charge on any atom is -0.369 e. The van der Waals surface area contributed by atoms with Crippen LogP contribution in [0, 0.1) is 0 Å². The summed E-state index contributed by atoms with van der Waals surface area (Å²) >= 11 is 0. The molecule has 1 amide bonds. The smallest absolute Gasteiger partial charge is 0.369 e. The number of halogens is 3. The molecule has 0 radical (unpaired) electrons. The van der Waals surface area contributed by atoms with Crippen LogP contribution in [0.3, 0.4) is 0 Å². The second-order valence-electron chi connectivity index (χ2n) is 7.59. The van der Waals surface area contributed by atoms with Crippen LogP contribution in [0.5, 0.6) is 0 Å². The molecule has 1 atom stereocenters. The number of alkyl halides is 3. The average molecular weight is 383 g/mol. The van der Waals surface area contributed by atoms with Gasteiger partial charge < -0.3 is 10.2 Å². The highest BCUT2D eigenvalue weighted by Gasteiger charge is 2.32. The molecule has 1 saturated heterocycles. The van der Waals surface area contributed by atoms with Crippen LogP contribution in [0.1, 0.15) is 44.6 Å². The van der Waals surface area contributed by atoms with Crippen LogP contribution >= 0.6 is 0 Å². The van der Waals surface area contributed by atoms with Crippen molar-refractivity contribution >= 4 is 11.6 Å². The first-order valence-corrected chi connectivity index (χ1v) is 9.81. The minimum atomic E-state index is -4.33. The van der Waals surface area contributed by atoms with Gasteiger partial charge in [-0.1, -0.05) is 25.3 Å². The zero-order valence-corrected chi connectivity index (χ0v) is 15.8. The van der Waals surface area contributed by atoms with Crippen molar-refractivity contribution < 1.29 is 18.0 Å². The minimum absolute atomic E-state index is 0.0643. The normalized spacial score (nSPS) is 21.1. The summed E-state index contributed by atoms with van der Waals surface area (Å²) in [6, 6.07) is 5.54. The molecule has 4 nitrogen and oxygen atoms in total. The van der Waals surface area contributed by atoms with E-state index in [1.165, 1.54) is 31.4 Å². The van der Waals surface area contributed by atoms with Gasteiger partial charge in [0.1, 0.15) is 0 Å². The van der Waals surface area contributed by atoms with Crippen molar-refractivity contribution in [2.24, 2.45) is 0 Å². The highest BCUT2D eigenvalue weighted by atomic mass is 19.4. The third kappa shape index (κ3) is 5.15. The summed E-state index contributed by atoms with van der Waals surface area (Å²) in [6.45, 7) is 4.47. The van der Waals surface area contributed by atoms with Crippen molar-refractivity contribution in [3.63, 3.8) is 0 Å². The number of hydrogen-bond donors (Lipinski definition) is 1. The van der Waals surface area contributed by atoms with E-state index in [1.54, 1.807) is 6.07 Å². The number of nitrogens with zero attached hydrogens (tertiary/aromatic N) is 2. The lowest BCUT2D eigenvalue weighted by atomic mass is 9.95. The molecule has 3 rings (SSSR count). The third-order valence-corrected chi connectivity index (χ3v) is 5.73. The fraction of sp³-hybridized carbons (Fsp3) is 0.650. The van der Waals surface area contributed by atoms with Crippen LogP contribution in [0.25, 0.3) is 0 Å². The number of benzene rings is 1. The summed E-state index contributed by atoms with van der Waals surface area (Å²) in [5.74, 6) is 0.0643. The molecule has 27 heavy (non-hydrogen) atoms. The van der Waals surface area contributed by atoms with E-state index in [9.17, 15) is 18.0 Å². The fourth-order valence-electron chi connectivity index (χ4n) is 3.98. The van der Waals surface area contributed by atoms with E-state index >= 15 is 0 Å². The van der Waals surface area contributed by atoms with Gasteiger partial charge in [0.05, 0.1) is 11.6 Å². The monoisotopic (exact) mass is 383 g/mol. The number of carbonyl (C=O) groups excluding carboxylic acids is 1. The van der Waals surface area contributed by atoms with Crippen molar-refractivity contribution in [3.8, 4) is 0 Å². The van der Waals surface area contributed by atoms with Gasteiger partial charge in [-0.25, -0.2) is 0 Å². The molecule has 0 bridgehead atoms. The van der Waals surface area contributed by atoms with Crippen LogP contribution in [-0.4, -0.2) is 49.1 Å². The Balaban J connectivity index is 1.53. The van der Waals surface area contributed by atoms with E-state index in [4.69, 9.17) is 0 Å². The third-order valence-electron chi connectivity index (χ3n) is 5.73. The van der Waals surface area contributed by atoms with Gasteiger partial charge in [0.25, 0.3) is 0 Å².